The van der Waals surface area contributed by atoms with Gasteiger partial charge in [-0.2, -0.15) is 5.10 Å². The van der Waals surface area contributed by atoms with Crippen molar-refractivity contribution in [3.8, 4) is 0 Å². The van der Waals surface area contributed by atoms with Crippen LogP contribution in [0.2, 0.25) is 0 Å². The highest BCUT2D eigenvalue weighted by Gasteiger charge is 1.95. The SMILES string of the molecule is Cn1cc(Cn2ccnc2)cn1. The van der Waals surface area contributed by atoms with E-state index in [1.807, 2.05) is 30.2 Å². The molecular formula is C8H10N4. The molecule has 0 aromatic carbocycles. The summed E-state index contributed by atoms with van der Waals surface area (Å²) in [5, 5.41) is 4.08. The molecule has 2 heterocycles. The van der Waals surface area contributed by atoms with Crippen molar-refractivity contribution in [2.45, 2.75) is 6.54 Å². The van der Waals surface area contributed by atoms with Crippen molar-refractivity contribution in [3.05, 3.63) is 36.7 Å². The van der Waals surface area contributed by atoms with Crippen LogP contribution in [0, 0.1) is 0 Å². The van der Waals surface area contributed by atoms with Gasteiger partial charge in [0.05, 0.1) is 19.1 Å². The van der Waals surface area contributed by atoms with Gasteiger partial charge in [-0.15, -0.1) is 0 Å². The molecule has 0 amide bonds. The quantitative estimate of drug-likeness (QED) is 0.650. The van der Waals surface area contributed by atoms with Gasteiger partial charge in [-0.1, -0.05) is 0 Å². The maximum absolute atomic E-state index is 4.08. The van der Waals surface area contributed by atoms with Crippen LogP contribution < -0.4 is 0 Å². The van der Waals surface area contributed by atoms with Gasteiger partial charge >= 0.3 is 0 Å². The third-order valence-corrected chi connectivity index (χ3v) is 1.68. The zero-order chi connectivity index (χ0) is 8.39. The molecule has 0 saturated carbocycles. The molecule has 0 aliphatic heterocycles. The van der Waals surface area contributed by atoms with Gasteiger partial charge in [-0.25, -0.2) is 4.98 Å². The van der Waals surface area contributed by atoms with Gasteiger partial charge in [-0.05, 0) is 0 Å². The fourth-order valence-corrected chi connectivity index (χ4v) is 1.14. The van der Waals surface area contributed by atoms with Crippen molar-refractivity contribution in [1.82, 2.24) is 19.3 Å². The van der Waals surface area contributed by atoms with E-state index in [1.165, 1.54) is 5.56 Å². The monoisotopic (exact) mass is 162 g/mol. The summed E-state index contributed by atoms with van der Waals surface area (Å²) in [5.41, 5.74) is 1.19. The summed E-state index contributed by atoms with van der Waals surface area (Å²) in [5.74, 6) is 0. The summed E-state index contributed by atoms with van der Waals surface area (Å²) in [7, 11) is 1.91. The third-order valence-electron chi connectivity index (χ3n) is 1.68. The van der Waals surface area contributed by atoms with E-state index in [4.69, 9.17) is 0 Å². The molecule has 2 rings (SSSR count). The molecule has 0 fully saturated rings. The molecule has 0 spiro atoms. The molecule has 4 heteroatoms. The molecule has 4 nitrogen and oxygen atoms in total. The lowest BCUT2D eigenvalue weighted by atomic mass is 10.4. The number of hydrogen-bond acceptors (Lipinski definition) is 2. The van der Waals surface area contributed by atoms with Gasteiger partial charge < -0.3 is 4.57 Å². The first-order valence-corrected chi connectivity index (χ1v) is 3.78. The van der Waals surface area contributed by atoms with Gasteiger partial charge in [0, 0.05) is 31.2 Å². The smallest absolute Gasteiger partial charge is 0.0949 e. The summed E-state index contributed by atoms with van der Waals surface area (Å²) in [6.45, 7) is 0.841. The fourth-order valence-electron chi connectivity index (χ4n) is 1.14. The number of rotatable bonds is 2. The van der Waals surface area contributed by atoms with Crippen molar-refractivity contribution in [2.75, 3.05) is 0 Å². The van der Waals surface area contributed by atoms with Crippen LogP contribution in [-0.4, -0.2) is 19.3 Å². The largest absolute Gasteiger partial charge is 0.333 e. The van der Waals surface area contributed by atoms with Gasteiger partial charge in [0.25, 0.3) is 0 Å². The van der Waals surface area contributed by atoms with Crippen LogP contribution in [0.3, 0.4) is 0 Å². The standard InChI is InChI=1S/C8H10N4/c1-11-5-8(4-10-11)6-12-3-2-9-7-12/h2-5,7H,6H2,1H3. The van der Waals surface area contributed by atoms with E-state index in [0.29, 0.717) is 0 Å². The Labute approximate surface area is 70.5 Å². The first-order chi connectivity index (χ1) is 5.84. The highest BCUT2D eigenvalue weighted by atomic mass is 15.2. The van der Waals surface area contributed by atoms with Crippen LogP contribution >= 0.6 is 0 Å². The number of aryl methyl sites for hydroxylation is 1. The maximum Gasteiger partial charge on any atom is 0.0949 e. The lowest BCUT2D eigenvalue weighted by Crippen LogP contribution is -1.94. The Morgan fingerprint density at radius 3 is 3.00 bits per heavy atom. The molecule has 0 bridgehead atoms. The Morgan fingerprint density at radius 1 is 1.50 bits per heavy atom. The van der Waals surface area contributed by atoms with Crippen LogP contribution in [0.5, 0.6) is 0 Å². The summed E-state index contributed by atoms with van der Waals surface area (Å²) < 4.78 is 3.81. The van der Waals surface area contributed by atoms with Crippen LogP contribution in [-0.2, 0) is 13.6 Å². The van der Waals surface area contributed by atoms with Gasteiger partial charge in [0.2, 0.25) is 0 Å². The first-order valence-electron chi connectivity index (χ1n) is 3.78. The highest BCUT2D eigenvalue weighted by Crippen LogP contribution is 1.99. The summed E-state index contributed by atoms with van der Waals surface area (Å²) in [6.07, 6.45) is 9.37. The maximum atomic E-state index is 4.08. The van der Waals surface area contributed by atoms with E-state index < -0.39 is 0 Å². The van der Waals surface area contributed by atoms with Gasteiger partial charge in [0.15, 0.2) is 0 Å². The topological polar surface area (TPSA) is 35.6 Å². The third kappa shape index (κ3) is 1.37. The lowest BCUT2D eigenvalue weighted by Gasteiger charge is -1.96. The van der Waals surface area contributed by atoms with Crippen LogP contribution in [0.4, 0.5) is 0 Å². The second-order valence-corrected chi connectivity index (χ2v) is 2.76. The Hall–Kier alpha value is -1.58. The second kappa shape index (κ2) is 2.81. The lowest BCUT2D eigenvalue weighted by molar-refractivity contribution is 0.762. The average Bonchev–Trinajstić information content (AvgIpc) is 2.63. The van der Waals surface area contributed by atoms with E-state index in [-0.39, 0.29) is 0 Å². The molecule has 0 aliphatic rings. The van der Waals surface area contributed by atoms with Crippen LogP contribution in [0.25, 0.3) is 0 Å². The number of hydrogen-bond donors (Lipinski definition) is 0. The van der Waals surface area contributed by atoms with E-state index in [2.05, 4.69) is 10.1 Å². The number of imidazole rings is 1. The zero-order valence-corrected chi connectivity index (χ0v) is 6.88. The number of nitrogens with zero attached hydrogens (tertiary/aromatic N) is 4. The van der Waals surface area contributed by atoms with Crippen LogP contribution in [0.15, 0.2) is 31.1 Å². The molecule has 2 aromatic heterocycles. The summed E-state index contributed by atoms with van der Waals surface area (Å²) in [6, 6.07) is 0. The van der Waals surface area contributed by atoms with Gasteiger partial charge in [-0.3, -0.25) is 4.68 Å². The average molecular weight is 162 g/mol. The molecule has 0 saturated heterocycles. The first kappa shape index (κ1) is 7.09. The summed E-state index contributed by atoms with van der Waals surface area (Å²) >= 11 is 0. The fraction of sp³-hybridized carbons (Fsp3) is 0.250. The molecule has 12 heavy (non-hydrogen) atoms. The summed E-state index contributed by atoms with van der Waals surface area (Å²) in [4.78, 5) is 3.96. The highest BCUT2D eigenvalue weighted by molar-refractivity contribution is 5.04. The van der Waals surface area contributed by atoms with Crippen molar-refractivity contribution in [1.29, 1.82) is 0 Å². The molecule has 0 unspecified atom stereocenters. The molecular weight excluding hydrogens is 152 g/mol. The molecule has 0 aliphatic carbocycles. The molecule has 0 atom stereocenters. The molecule has 0 radical (unpaired) electrons. The predicted octanol–water partition coefficient (Wildman–Crippen LogP) is 0.665. The van der Waals surface area contributed by atoms with Crippen molar-refractivity contribution in [2.24, 2.45) is 7.05 Å². The van der Waals surface area contributed by atoms with E-state index in [0.717, 1.165) is 6.54 Å². The normalized spacial score (nSPS) is 10.4. The Morgan fingerprint density at radius 2 is 2.42 bits per heavy atom. The minimum Gasteiger partial charge on any atom is -0.333 e. The van der Waals surface area contributed by atoms with Crippen LogP contribution in [0.1, 0.15) is 5.56 Å². The zero-order valence-electron chi connectivity index (χ0n) is 6.88. The molecule has 62 valence electrons. The Kier molecular flexibility index (Phi) is 1.66. The van der Waals surface area contributed by atoms with E-state index in [1.54, 1.807) is 17.2 Å². The van der Waals surface area contributed by atoms with Crippen molar-refractivity contribution < 1.29 is 0 Å². The minimum atomic E-state index is 0.841. The van der Waals surface area contributed by atoms with Gasteiger partial charge in [0.1, 0.15) is 0 Å². The minimum absolute atomic E-state index is 0.841. The second-order valence-electron chi connectivity index (χ2n) is 2.76. The Bertz CT molecular complexity index is 347. The van der Waals surface area contributed by atoms with Crippen molar-refractivity contribution in [3.63, 3.8) is 0 Å². The Balaban J connectivity index is 2.14. The molecule has 2 aromatic rings. The number of aromatic nitrogens is 4. The van der Waals surface area contributed by atoms with Crippen molar-refractivity contribution >= 4 is 0 Å². The van der Waals surface area contributed by atoms with E-state index >= 15 is 0 Å². The predicted molar refractivity (Wildman–Crippen MR) is 44.5 cm³/mol. The van der Waals surface area contributed by atoms with E-state index in [9.17, 15) is 0 Å². The molecule has 0 N–H and O–H groups in total.